The van der Waals surface area contributed by atoms with Crippen molar-refractivity contribution < 1.29 is 9.59 Å². The molecular weight excluding hydrogens is 322 g/mol. The third kappa shape index (κ3) is 2.92. The summed E-state index contributed by atoms with van der Waals surface area (Å²) in [4.78, 5) is 31.0. The molecule has 130 valence electrons. The predicted octanol–water partition coefficient (Wildman–Crippen LogP) is 2.50. The van der Waals surface area contributed by atoms with Crippen LogP contribution in [0.1, 0.15) is 46.3 Å². The van der Waals surface area contributed by atoms with Gasteiger partial charge in [-0.1, -0.05) is 6.92 Å². The smallest absolute Gasteiger partial charge is 0.317 e. The maximum absolute atomic E-state index is 13.0. The van der Waals surface area contributed by atoms with Crippen LogP contribution in [0.4, 0.5) is 4.79 Å². The molecule has 1 aromatic heterocycles. The lowest BCUT2D eigenvalue weighted by molar-refractivity contribution is 0.0639. The Morgan fingerprint density at radius 1 is 1.33 bits per heavy atom. The number of piperidine rings is 1. The molecule has 2 saturated heterocycles. The van der Waals surface area contributed by atoms with Gasteiger partial charge in [0.25, 0.3) is 5.91 Å². The van der Waals surface area contributed by atoms with E-state index in [0.717, 1.165) is 56.1 Å². The lowest BCUT2D eigenvalue weighted by Gasteiger charge is -2.36. The largest absolute Gasteiger partial charge is 0.336 e. The zero-order valence-corrected chi connectivity index (χ0v) is 15.0. The van der Waals surface area contributed by atoms with E-state index in [1.54, 1.807) is 11.3 Å². The fourth-order valence-corrected chi connectivity index (χ4v) is 5.37. The van der Waals surface area contributed by atoms with Crippen LogP contribution in [0.15, 0.2) is 6.07 Å². The molecule has 2 aliphatic heterocycles. The van der Waals surface area contributed by atoms with Crippen molar-refractivity contribution in [2.75, 3.05) is 26.2 Å². The van der Waals surface area contributed by atoms with Gasteiger partial charge in [0.05, 0.1) is 10.9 Å². The number of likely N-dealkylation sites (tertiary alicyclic amines) is 1. The molecule has 0 radical (unpaired) electrons. The molecule has 3 amide bonds. The Balaban J connectivity index is 1.47. The van der Waals surface area contributed by atoms with Crippen LogP contribution in [-0.2, 0) is 12.8 Å². The summed E-state index contributed by atoms with van der Waals surface area (Å²) in [5.74, 6) is 0.884. The quantitative estimate of drug-likeness (QED) is 0.894. The average Bonchev–Trinajstić information content (AvgIpc) is 3.20. The number of nitrogens with zero attached hydrogens (tertiary/aromatic N) is 2. The van der Waals surface area contributed by atoms with Gasteiger partial charge >= 0.3 is 6.03 Å². The zero-order valence-electron chi connectivity index (χ0n) is 14.2. The monoisotopic (exact) mass is 347 g/mol. The standard InChI is InChI=1S/C18H25N3O2S/c1-12-4-5-15-13(9-12)10-16(24-15)17(22)20-7-2-3-14(11-20)21-8-6-19-18(21)23/h10,12,14H,2-9,11H2,1H3,(H,19,23). The summed E-state index contributed by atoms with van der Waals surface area (Å²) in [5.41, 5.74) is 1.38. The van der Waals surface area contributed by atoms with Crippen molar-refractivity contribution in [3.8, 4) is 0 Å². The van der Waals surface area contributed by atoms with Crippen molar-refractivity contribution in [2.45, 2.75) is 45.1 Å². The minimum atomic E-state index is 0.0230. The molecule has 3 aliphatic rings. The number of thiophene rings is 1. The first-order valence-corrected chi connectivity index (χ1v) is 9.89. The van der Waals surface area contributed by atoms with E-state index in [1.165, 1.54) is 16.9 Å². The minimum absolute atomic E-state index is 0.0230. The third-order valence-electron chi connectivity index (χ3n) is 5.55. The van der Waals surface area contributed by atoms with Crippen LogP contribution < -0.4 is 5.32 Å². The van der Waals surface area contributed by atoms with Gasteiger partial charge < -0.3 is 15.1 Å². The van der Waals surface area contributed by atoms with Crippen molar-refractivity contribution in [1.82, 2.24) is 15.1 Å². The number of nitrogens with one attached hydrogen (secondary N) is 1. The molecule has 3 heterocycles. The van der Waals surface area contributed by atoms with E-state index in [0.29, 0.717) is 6.54 Å². The highest BCUT2D eigenvalue weighted by Gasteiger charge is 2.33. The second-order valence-electron chi connectivity index (χ2n) is 7.38. The van der Waals surface area contributed by atoms with E-state index in [-0.39, 0.29) is 18.0 Å². The first-order chi connectivity index (χ1) is 11.6. The Bertz CT molecular complexity index is 657. The minimum Gasteiger partial charge on any atom is -0.336 e. The fraction of sp³-hybridized carbons (Fsp3) is 0.667. The van der Waals surface area contributed by atoms with Gasteiger partial charge in [-0.25, -0.2) is 4.79 Å². The van der Waals surface area contributed by atoms with Crippen LogP contribution in [0.3, 0.4) is 0 Å². The summed E-state index contributed by atoms with van der Waals surface area (Å²) in [6, 6.07) is 2.32. The zero-order chi connectivity index (χ0) is 16.7. The van der Waals surface area contributed by atoms with Crippen LogP contribution in [-0.4, -0.2) is 54.0 Å². The Morgan fingerprint density at radius 2 is 2.21 bits per heavy atom. The Labute approximate surface area is 147 Å². The normalized spacial score (nSPS) is 27.1. The van der Waals surface area contributed by atoms with Crippen LogP contribution in [0, 0.1) is 5.92 Å². The van der Waals surface area contributed by atoms with Crippen LogP contribution >= 0.6 is 11.3 Å². The molecule has 0 bridgehead atoms. The number of carbonyl (C=O) groups excluding carboxylic acids is 2. The van der Waals surface area contributed by atoms with Gasteiger partial charge in [0, 0.05) is 31.1 Å². The molecule has 0 saturated carbocycles. The second-order valence-corrected chi connectivity index (χ2v) is 8.52. The van der Waals surface area contributed by atoms with E-state index >= 15 is 0 Å². The summed E-state index contributed by atoms with van der Waals surface area (Å²) in [7, 11) is 0. The first-order valence-electron chi connectivity index (χ1n) is 9.07. The van der Waals surface area contributed by atoms with Crippen molar-refractivity contribution in [3.63, 3.8) is 0 Å². The second kappa shape index (κ2) is 6.39. The van der Waals surface area contributed by atoms with Gasteiger partial charge in [-0.3, -0.25) is 4.79 Å². The summed E-state index contributed by atoms with van der Waals surface area (Å²) in [6.45, 7) is 5.25. The number of amides is 3. The average molecular weight is 347 g/mol. The number of carbonyl (C=O) groups is 2. The van der Waals surface area contributed by atoms with Crippen molar-refractivity contribution in [3.05, 3.63) is 21.4 Å². The molecule has 2 fully saturated rings. The lowest BCUT2D eigenvalue weighted by atomic mass is 9.90. The highest BCUT2D eigenvalue weighted by atomic mass is 32.1. The number of aryl methyl sites for hydroxylation is 1. The topological polar surface area (TPSA) is 52.7 Å². The Morgan fingerprint density at radius 3 is 3.00 bits per heavy atom. The van der Waals surface area contributed by atoms with Crippen molar-refractivity contribution in [2.24, 2.45) is 5.92 Å². The van der Waals surface area contributed by atoms with Crippen LogP contribution in [0.5, 0.6) is 0 Å². The maximum atomic E-state index is 13.0. The molecule has 1 aromatic rings. The molecule has 1 aliphatic carbocycles. The molecule has 5 nitrogen and oxygen atoms in total. The lowest BCUT2D eigenvalue weighted by Crippen LogP contribution is -2.50. The molecule has 24 heavy (non-hydrogen) atoms. The Kier molecular flexibility index (Phi) is 4.24. The maximum Gasteiger partial charge on any atom is 0.317 e. The van der Waals surface area contributed by atoms with E-state index in [2.05, 4.69) is 18.3 Å². The molecule has 2 unspecified atom stereocenters. The highest BCUT2D eigenvalue weighted by Crippen LogP contribution is 2.33. The highest BCUT2D eigenvalue weighted by molar-refractivity contribution is 7.14. The third-order valence-corrected chi connectivity index (χ3v) is 6.78. The van der Waals surface area contributed by atoms with Gasteiger partial charge in [-0.05, 0) is 49.7 Å². The number of hydrogen-bond donors (Lipinski definition) is 1. The first kappa shape index (κ1) is 15.9. The molecule has 4 rings (SSSR count). The molecule has 0 aromatic carbocycles. The number of fused-ring (bicyclic) bond motifs is 1. The van der Waals surface area contributed by atoms with Crippen LogP contribution in [0.2, 0.25) is 0 Å². The molecule has 2 atom stereocenters. The van der Waals surface area contributed by atoms with E-state index in [4.69, 9.17) is 0 Å². The summed E-state index contributed by atoms with van der Waals surface area (Å²) < 4.78 is 0. The van der Waals surface area contributed by atoms with Gasteiger partial charge in [0.2, 0.25) is 0 Å². The van der Waals surface area contributed by atoms with E-state index in [1.807, 2.05) is 9.80 Å². The van der Waals surface area contributed by atoms with Gasteiger partial charge in [0.15, 0.2) is 0 Å². The van der Waals surface area contributed by atoms with Crippen LogP contribution in [0.25, 0.3) is 0 Å². The molecule has 0 spiro atoms. The van der Waals surface area contributed by atoms with Gasteiger partial charge in [0.1, 0.15) is 0 Å². The van der Waals surface area contributed by atoms with E-state index < -0.39 is 0 Å². The Hall–Kier alpha value is -1.56. The number of urea groups is 1. The van der Waals surface area contributed by atoms with Gasteiger partial charge in [-0.2, -0.15) is 0 Å². The number of rotatable bonds is 2. The summed E-state index contributed by atoms with van der Waals surface area (Å²) in [5, 5.41) is 2.87. The van der Waals surface area contributed by atoms with E-state index in [9.17, 15) is 9.59 Å². The SMILES string of the molecule is CC1CCc2sc(C(=O)N3CCCC(N4CCNC4=O)C3)cc2C1. The molecular formula is C18H25N3O2S. The summed E-state index contributed by atoms with van der Waals surface area (Å²) in [6.07, 6.45) is 5.43. The van der Waals surface area contributed by atoms with Crippen molar-refractivity contribution in [1.29, 1.82) is 0 Å². The fourth-order valence-electron chi connectivity index (χ4n) is 4.20. The van der Waals surface area contributed by atoms with Gasteiger partial charge in [-0.15, -0.1) is 11.3 Å². The predicted molar refractivity (Wildman–Crippen MR) is 94.5 cm³/mol. The molecule has 6 heteroatoms. The van der Waals surface area contributed by atoms with Crippen molar-refractivity contribution >= 4 is 23.3 Å². The molecule has 1 N–H and O–H groups in total. The summed E-state index contributed by atoms with van der Waals surface area (Å²) >= 11 is 1.69. The number of hydrogen-bond acceptors (Lipinski definition) is 3.